The number of carbonyl (C=O) groups excluding carboxylic acids is 1. The fourth-order valence-electron chi connectivity index (χ4n) is 1.89. The van der Waals surface area contributed by atoms with Crippen LogP contribution in [0.5, 0.6) is 0 Å². The lowest BCUT2D eigenvalue weighted by Gasteiger charge is -2.22. The van der Waals surface area contributed by atoms with E-state index in [0.717, 1.165) is 35.1 Å². The van der Waals surface area contributed by atoms with Gasteiger partial charge in [0.1, 0.15) is 0 Å². The summed E-state index contributed by atoms with van der Waals surface area (Å²) in [7, 11) is 0. The largest absolute Gasteiger partial charge is 0.324 e. The Morgan fingerprint density at radius 3 is 2.94 bits per heavy atom. The van der Waals surface area contributed by atoms with Gasteiger partial charge in [-0.15, -0.1) is 0 Å². The van der Waals surface area contributed by atoms with Crippen molar-refractivity contribution in [3.63, 3.8) is 0 Å². The summed E-state index contributed by atoms with van der Waals surface area (Å²) in [6, 6.07) is 5.40. The lowest BCUT2D eigenvalue weighted by molar-refractivity contribution is -0.118. The second kappa shape index (κ2) is 6.02. The standard InChI is InChI=1S/C12H14ClIN2O/c13-8-4-5-10(9(14)7-8)16-12(17)11-3-1-2-6-15-11/h4-5,7,11,15H,1-3,6H2,(H,16,17). The van der Waals surface area contributed by atoms with Gasteiger partial charge in [0.25, 0.3) is 0 Å². The first-order chi connectivity index (χ1) is 8.16. The minimum absolute atomic E-state index is 0.0462. The number of halogens is 2. The fourth-order valence-corrected chi connectivity index (χ4v) is 2.89. The van der Waals surface area contributed by atoms with Gasteiger partial charge in [0.2, 0.25) is 5.91 Å². The molecule has 1 aliphatic heterocycles. The average Bonchev–Trinajstić information content (AvgIpc) is 2.34. The topological polar surface area (TPSA) is 41.1 Å². The highest BCUT2D eigenvalue weighted by molar-refractivity contribution is 14.1. The minimum Gasteiger partial charge on any atom is -0.324 e. The Hall–Kier alpha value is -0.330. The summed E-state index contributed by atoms with van der Waals surface area (Å²) in [6.45, 7) is 0.926. The third-order valence-electron chi connectivity index (χ3n) is 2.82. The number of anilines is 1. The molecule has 1 aromatic rings. The van der Waals surface area contributed by atoms with Crippen LogP contribution in [0.4, 0.5) is 5.69 Å². The van der Waals surface area contributed by atoms with Gasteiger partial charge in [0.15, 0.2) is 0 Å². The number of hydrogen-bond donors (Lipinski definition) is 2. The maximum atomic E-state index is 12.0. The molecule has 0 bridgehead atoms. The molecule has 1 aromatic carbocycles. The van der Waals surface area contributed by atoms with E-state index in [9.17, 15) is 4.79 Å². The molecule has 0 spiro atoms. The minimum atomic E-state index is -0.0600. The van der Waals surface area contributed by atoms with Gasteiger partial charge in [-0.05, 0) is 60.2 Å². The van der Waals surface area contributed by atoms with E-state index in [-0.39, 0.29) is 11.9 Å². The first kappa shape index (κ1) is 13.1. The van der Waals surface area contributed by atoms with Gasteiger partial charge in [0.05, 0.1) is 11.7 Å². The predicted octanol–water partition coefficient (Wildman–Crippen LogP) is 3.03. The van der Waals surface area contributed by atoms with E-state index in [4.69, 9.17) is 11.6 Å². The second-order valence-electron chi connectivity index (χ2n) is 4.12. The zero-order chi connectivity index (χ0) is 12.3. The Bertz CT molecular complexity index is 419. The second-order valence-corrected chi connectivity index (χ2v) is 5.71. The third kappa shape index (κ3) is 3.56. The van der Waals surface area contributed by atoms with Crippen molar-refractivity contribution in [2.24, 2.45) is 0 Å². The van der Waals surface area contributed by atoms with Crippen molar-refractivity contribution in [2.75, 3.05) is 11.9 Å². The number of piperidine rings is 1. The van der Waals surface area contributed by atoms with Crippen LogP contribution in [0.1, 0.15) is 19.3 Å². The van der Waals surface area contributed by atoms with Gasteiger partial charge in [-0.3, -0.25) is 4.79 Å². The van der Waals surface area contributed by atoms with Crippen LogP contribution in [0.2, 0.25) is 5.02 Å². The van der Waals surface area contributed by atoms with Crippen LogP contribution in [0.25, 0.3) is 0 Å². The van der Waals surface area contributed by atoms with Gasteiger partial charge < -0.3 is 10.6 Å². The molecule has 1 fully saturated rings. The number of rotatable bonds is 2. The molecule has 2 rings (SSSR count). The molecule has 1 atom stereocenters. The molecule has 17 heavy (non-hydrogen) atoms. The lowest BCUT2D eigenvalue weighted by atomic mass is 10.0. The third-order valence-corrected chi connectivity index (χ3v) is 3.94. The maximum Gasteiger partial charge on any atom is 0.241 e. The van der Waals surface area contributed by atoms with Crippen LogP contribution in [0.15, 0.2) is 18.2 Å². The van der Waals surface area contributed by atoms with E-state index < -0.39 is 0 Å². The molecule has 2 N–H and O–H groups in total. The molecule has 92 valence electrons. The van der Waals surface area contributed by atoms with Crippen molar-refractivity contribution < 1.29 is 4.79 Å². The van der Waals surface area contributed by atoms with Gasteiger partial charge in [-0.2, -0.15) is 0 Å². The number of benzene rings is 1. The van der Waals surface area contributed by atoms with Crippen LogP contribution in [0, 0.1) is 3.57 Å². The van der Waals surface area contributed by atoms with Crippen molar-refractivity contribution in [3.05, 3.63) is 26.8 Å². The van der Waals surface area contributed by atoms with E-state index in [0.29, 0.717) is 5.02 Å². The molecule has 1 aliphatic rings. The molecule has 1 amide bonds. The lowest BCUT2D eigenvalue weighted by Crippen LogP contribution is -2.43. The van der Waals surface area contributed by atoms with Gasteiger partial charge in [-0.1, -0.05) is 18.0 Å². The summed E-state index contributed by atoms with van der Waals surface area (Å²) in [4.78, 5) is 12.0. The van der Waals surface area contributed by atoms with Crippen LogP contribution in [-0.2, 0) is 4.79 Å². The molecule has 0 saturated carbocycles. The first-order valence-corrected chi connectivity index (χ1v) is 7.12. The quantitative estimate of drug-likeness (QED) is 0.792. The van der Waals surface area contributed by atoms with Crippen molar-refractivity contribution in [1.82, 2.24) is 5.32 Å². The highest BCUT2D eigenvalue weighted by Crippen LogP contribution is 2.22. The number of carbonyl (C=O) groups is 1. The summed E-state index contributed by atoms with van der Waals surface area (Å²) in [5.41, 5.74) is 0.826. The number of nitrogens with one attached hydrogen (secondary N) is 2. The van der Waals surface area contributed by atoms with Crippen LogP contribution in [-0.4, -0.2) is 18.5 Å². The highest BCUT2D eigenvalue weighted by atomic mass is 127. The van der Waals surface area contributed by atoms with Crippen LogP contribution < -0.4 is 10.6 Å². The normalized spacial score (nSPS) is 20.0. The Kier molecular flexibility index (Phi) is 4.64. The smallest absolute Gasteiger partial charge is 0.241 e. The highest BCUT2D eigenvalue weighted by Gasteiger charge is 2.20. The molecule has 1 heterocycles. The summed E-state index contributed by atoms with van der Waals surface area (Å²) >= 11 is 8.04. The number of amides is 1. The SMILES string of the molecule is O=C(Nc1ccc(Cl)cc1I)C1CCCCN1. The molecule has 0 aliphatic carbocycles. The molecule has 0 radical (unpaired) electrons. The van der Waals surface area contributed by atoms with E-state index in [1.807, 2.05) is 12.1 Å². The van der Waals surface area contributed by atoms with Crippen molar-refractivity contribution in [3.8, 4) is 0 Å². The fraction of sp³-hybridized carbons (Fsp3) is 0.417. The summed E-state index contributed by atoms with van der Waals surface area (Å²) in [5, 5.41) is 6.85. The molecular weight excluding hydrogens is 351 g/mol. The summed E-state index contributed by atoms with van der Waals surface area (Å²) in [5.74, 6) is 0.0462. The van der Waals surface area contributed by atoms with E-state index in [1.165, 1.54) is 0 Å². The van der Waals surface area contributed by atoms with Gasteiger partial charge in [0, 0.05) is 8.59 Å². The predicted molar refractivity (Wildman–Crippen MR) is 78.4 cm³/mol. The zero-order valence-corrected chi connectivity index (χ0v) is 12.2. The van der Waals surface area contributed by atoms with Crippen molar-refractivity contribution in [2.45, 2.75) is 25.3 Å². The number of hydrogen-bond acceptors (Lipinski definition) is 2. The van der Waals surface area contributed by atoms with Crippen LogP contribution in [0.3, 0.4) is 0 Å². The molecule has 1 saturated heterocycles. The average molecular weight is 365 g/mol. The summed E-state index contributed by atoms with van der Waals surface area (Å²) < 4.78 is 0.958. The summed E-state index contributed by atoms with van der Waals surface area (Å²) in [6.07, 6.45) is 3.18. The molecule has 3 nitrogen and oxygen atoms in total. The first-order valence-electron chi connectivity index (χ1n) is 5.66. The van der Waals surface area contributed by atoms with E-state index in [1.54, 1.807) is 6.07 Å². The zero-order valence-electron chi connectivity index (χ0n) is 9.30. The molecule has 1 unspecified atom stereocenters. The van der Waals surface area contributed by atoms with Crippen molar-refractivity contribution in [1.29, 1.82) is 0 Å². The van der Waals surface area contributed by atoms with E-state index >= 15 is 0 Å². The Labute approximate surface area is 119 Å². The monoisotopic (exact) mass is 364 g/mol. The molecule has 5 heteroatoms. The van der Waals surface area contributed by atoms with E-state index in [2.05, 4.69) is 33.2 Å². The van der Waals surface area contributed by atoms with Gasteiger partial charge >= 0.3 is 0 Å². The van der Waals surface area contributed by atoms with Crippen molar-refractivity contribution >= 4 is 45.8 Å². The molecular formula is C12H14ClIN2O. The Balaban J connectivity index is 2.02. The molecule has 0 aromatic heterocycles. The Morgan fingerprint density at radius 2 is 2.29 bits per heavy atom. The van der Waals surface area contributed by atoms with Crippen LogP contribution >= 0.6 is 34.2 Å². The van der Waals surface area contributed by atoms with Gasteiger partial charge in [-0.25, -0.2) is 0 Å². The Morgan fingerprint density at radius 1 is 1.47 bits per heavy atom. The maximum absolute atomic E-state index is 12.0.